The molecule has 0 bridgehead atoms. The van der Waals surface area contributed by atoms with Gasteiger partial charge in [0, 0.05) is 17.7 Å². The van der Waals surface area contributed by atoms with Gasteiger partial charge in [0.2, 0.25) is 0 Å². The first kappa shape index (κ1) is 14.0. The van der Waals surface area contributed by atoms with Crippen molar-refractivity contribution in [3.05, 3.63) is 30.6 Å². The topological polar surface area (TPSA) is 92.2 Å². The monoisotopic (exact) mass is 299 g/mol. The predicted molar refractivity (Wildman–Crippen MR) is 76.7 cm³/mol. The average molecular weight is 299 g/mol. The number of para-hydroxylation sites is 1. The summed E-state index contributed by atoms with van der Waals surface area (Å²) in [6, 6.07) is 7.63. The quantitative estimate of drug-likeness (QED) is 0.478. The third kappa shape index (κ3) is 4.34. The van der Waals surface area contributed by atoms with Gasteiger partial charge in [-0.1, -0.05) is 12.1 Å². The van der Waals surface area contributed by atoms with Crippen molar-refractivity contribution in [1.82, 2.24) is 9.97 Å². The molecule has 1 aromatic heterocycles. The van der Waals surface area contributed by atoms with Crippen molar-refractivity contribution in [2.24, 2.45) is 0 Å². The molecule has 1 heterocycles. The van der Waals surface area contributed by atoms with Crippen LogP contribution in [-0.2, 0) is 9.15 Å². The number of anilines is 1. The predicted octanol–water partition coefficient (Wildman–Crippen LogP) is 1.97. The van der Waals surface area contributed by atoms with E-state index < -0.39 is 9.15 Å². The molecule has 6 nitrogen and oxygen atoms in total. The van der Waals surface area contributed by atoms with Crippen LogP contribution in [-0.4, -0.2) is 35.2 Å². The fourth-order valence-corrected chi connectivity index (χ4v) is 3.05. The minimum Gasteiger partial charge on any atom is -0.369 e. The Morgan fingerprint density at radius 2 is 2.05 bits per heavy atom. The van der Waals surface area contributed by atoms with Crippen LogP contribution in [0.4, 0.5) is 5.82 Å². The highest BCUT2D eigenvalue weighted by Gasteiger charge is 2.05. The molecule has 2 rings (SSSR count). The summed E-state index contributed by atoms with van der Waals surface area (Å²) in [6.07, 6.45) is 2.08. The van der Waals surface area contributed by atoms with Crippen LogP contribution < -0.4 is 5.32 Å². The van der Waals surface area contributed by atoms with Crippen LogP contribution in [0, 0.1) is 0 Å². The van der Waals surface area contributed by atoms with E-state index in [2.05, 4.69) is 15.3 Å². The van der Waals surface area contributed by atoms with Crippen LogP contribution in [0.5, 0.6) is 0 Å². The zero-order chi connectivity index (χ0) is 13.7. The maximum absolute atomic E-state index is 10.5. The second-order valence-corrected chi connectivity index (χ2v) is 7.24. The molecule has 0 unspecified atom stereocenters. The van der Waals surface area contributed by atoms with E-state index in [-0.39, 0.29) is 0 Å². The van der Waals surface area contributed by atoms with Crippen LogP contribution in [0.2, 0.25) is 0 Å². The van der Waals surface area contributed by atoms with E-state index in [9.17, 15) is 8.42 Å². The van der Waals surface area contributed by atoms with E-state index in [4.69, 9.17) is 4.55 Å². The molecule has 2 N–H and O–H groups in total. The molecule has 1 aromatic carbocycles. The van der Waals surface area contributed by atoms with Gasteiger partial charge < -0.3 is 5.32 Å². The maximum atomic E-state index is 10.5. The molecule has 0 aliphatic carbocycles. The van der Waals surface area contributed by atoms with Gasteiger partial charge in [0.15, 0.2) is 0 Å². The smallest absolute Gasteiger partial charge is 0.319 e. The van der Waals surface area contributed by atoms with Crippen molar-refractivity contribution in [2.45, 2.75) is 6.42 Å². The highest BCUT2D eigenvalue weighted by molar-refractivity contribution is 8.69. The van der Waals surface area contributed by atoms with Gasteiger partial charge in [0.05, 0.1) is 5.52 Å². The van der Waals surface area contributed by atoms with Gasteiger partial charge in [-0.3, -0.25) is 4.55 Å². The Balaban J connectivity index is 1.92. The van der Waals surface area contributed by atoms with E-state index in [1.165, 1.54) is 6.33 Å². The zero-order valence-corrected chi connectivity index (χ0v) is 11.6. The second kappa shape index (κ2) is 6.18. The summed E-state index contributed by atoms with van der Waals surface area (Å²) in [7, 11) is -3.41. The van der Waals surface area contributed by atoms with Crippen LogP contribution in [0.3, 0.4) is 0 Å². The van der Waals surface area contributed by atoms with Gasteiger partial charge >= 0.3 is 9.15 Å². The van der Waals surface area contributed by atoms with Gasteiger partial charge in [-0.05, 0) is 29.3 Å². The summed E-state index contributed by atoms with van der Waals surface area (Å²) in [5.74, 6) is 1.05. The Kier molecular flexibility index (Phi) is 4.56. The molecule has 8 heteroatoms. The van der Waals surface area contributed by atoms with Crippen LogP contribution in [0.1, 0.15) is 6.42 Å². The van der Waals surface area contributed by atoms with Gasteiger partial charge in [0.1, 0.15) is 12.1 Å². The minimum atomic E-state index is -3.94. The SMILES string of the molecule is O=S(=O)(O)SCCCNc1ncnc2ccccc12. The Bertz CT molecular complexity index is 656. The Morgan fingerprint density at radius 3 is 2.84 bits per heavy atom. The Hall–Kier alpha value is -1.38. The van der Waals surface area contributed by atoms with Crippen molar-refractivity contribution in [1.29, 1.82) is 0 Å². The third-order valence-corrected chi connectivity index (χ3v) is 4.54. The average Bonchev–Trinajstić information content (AvgIpc) is 2.37. The maximum Gasteiger partial charge on any atom is 0.319 e. The van der Waals surface area contributed by atoms with Gasteiger partial charge in [0.25, 0.3) is 0 Å². The summed E-state index contributed by atoms with van der Waals surface area (Å²) in [6.45, 7) is 0.573. The van der Waals surface area contributed by atoms with E-state index in [0.717, 1.165) is 16.7 Å². The molecule has 102 valence electrons. The first-order valence-electron chi connectivity index (χ1n) is 5.62. The minimum absolute atomic E-state index is 0.328. The summed E-state index contributed by atoms with van der Waals surface area (Å²) in [5.41, 5.74) is 0.854. The van der Waals surface area contributed by atoms with Crippen molar-refractivity contribution < 1.29 is 13.0 Å². The molecule has 0 saturated carbocycles. The fraction of sp³-hybridized carbons (Fsp3) is 0.273. The first-order chi connectivity index (χ1) is 9.06. The van der Waals surface area contributed by atoms with E-state index in [1.54, 1.807) is 0 Å². The van der Waals surface area contributed by atoms with Crippen molar-refractivity contribution in [3.8, 4) is 0 Å². The number of hydrogen-bond acceptors (Lipinski definition) is 6. The molecule has 0 radical (unpaired) electrons. The molecule has 2 aromatic rings. The van der Waals surface area contributed by atoms with Crippen molar-refractivity contribution >= 4 is 36.7 Å². The van der Waals surface area contributed by atoms with E-state index in [1.807, 2.05) is 24.3 Å². The highest BCUT2D eigenvalue weighted by Crippen LogP contribution is 2.18. The zero-order valence-electron chi connectivity index (χ0n) is 9.98. The van der Waals surface area contributed by atoms with Crippen LogP contribution >= 0.6 is 10.8 Å². The molecule has 0 amide bonds. The van der Waals surface area contributed by atoms with Crippen molar-refractivity contribution in [2.75, 3.05) is 17.6 Å². The highest BCUT2D eigenvalue weighted by atomic mass is 33.1. The van der Waals surface area contributed by atoms with E-state index in [0.29, 0.717) is 29.5 Å². The third-order valence-electron chi connectivity index (χ3n) is 2.39. The largest absolute Gasteiger partial charge is 0.369 e. The normalized spacial score (nSPS) is 11.6. The molecule has 0 saturated heterocycles. The molecular formula is C11H13N3O3S2. The number of fused-ring (bicyclic) bond motifs is 1. The van der Waals surface area contributed by atoms with Crippen LogP contribution in [0.25, 0.3) is 10.9 Å². The molecule has 0 aliphatic rings. The van der Waals surface area contributed by atoms with Crippen LogP contribution in [0.15, 0.2) is 30.6 Å². The van der Waals surface area contributed by atoms with Gasteiger partial charge in [-0.2, -0.15) is 8.42 Å². The Morgan fingerprint density at radius 1 is 1.26 bits per heavy atom. The molecule has 0 aliphatic heterocycles. The summed E-state index contributed by atoms with van der Waals surface area (Å²) < 4.78 is 29.6. The van der Waals surface area contributed by atoms with Gasteiger partial charge in [-0.25, -0.2) is 9.97 Å². The summed E-state index contributed by atoms with van der Waals surface area (Å²) in [4.78, 5) is 8.31. The second-order valence-electron chi connectivity index (χ2n) is 3.77. The number of nitrogens with one attached hydrogen (secondary N) is 1. The lowest BCUT2D eigenvalue weighted by atomic mass is 10.2. The fourth-order valence-electron chi connectivity index (χ4n) is 1.59. The lowest BCUT2D eigenvalue weighted by Crippen LogP contribution is -2.06. The molecule has 0 atom stereocenters. The van der Waals surface area contributed by atoms with Crippen molar-refractivity contribution in [3.63, 3.8) is 0 Å². The lowest BCUT2D eigenvalue weighted by molar-refractivity contribution is 0.503. The number of aromatic nitrogens is 2. The number of hydrogen-bond donors (Lipinski definition) is 2. The first-order valence-corrected chi connectivity index (χ1v) is 8.56. The molecular weight excluding hydrogens is 286 g/mol. The molecule has 19 heavy (non-hydrogen) atoms. The summed E-state index contributed by atoms with van der Waals surface area (Å²) in [5, 5.41) is 4.06. The number of rotatable bonds is 6. The number of benzene rings is 1. The standard InChI is InChI=1S/C11H13N3O3S2/c15-19(16,17)18-7-3-6-12-11-9-4-1-2-5-10(9)13-8-14-11/h1-2,4-5,8H,3,6-7H2,(H,12,13,14)(H,15,16,17). The molecule has 0 fully saturated rings. The van der Waals surface area contributed by atoms with Gasteiger partial charge in [-0.15, -0.1) is 0 Å². The summed E-state index contributed by atoms with van der Waals surface area (Å²) >= 11 is 0. The molecule has 0 spiro atoms. The lowest BCUT2D eigenvalue weighted by Gasteiger charge is -2.07. The van der Waals surface area contributed by atoms with E-state index >= 15 is 0 Å². The Labute approximate surface area is 114 Å². The number of nitrogens with zero attached hydrogens (tertiary/aromatic N) is 2.